The molecule has 0 saturated heterocycles. The van der Waals surface area contributed by atoms with Crippen LogP contribution in [-0.4, -0.2) is 4.98 Å². The van der Waals surface area contributed by atoms with E-state index in [0.29, 0.717) is 5.56 Å². The SMILES string of the molecule is Br.Cc1cc(-c2csc(Nc3cccc(Br)c3)n2)ccc1F. The molecule has 0 aliphatic carbocycles. The number of nitrogens with one attached hydrogen (secondary N) is 1. The number of anilines is 2. The molecule has 0 saturated carbocycles. The van der Waals surface area contributed by atoms with Gasteiger partial charge in [-0.15, -0.1) is 28.3 Å². The van der Waals surface area contributed by atoms with Gasteiger partial charge in [0, 0.05) is 21.1 Å². The highest BCUT2D eigenvalue weighted by Gasteiger charge is 2.07. The minimum Gasteiger partial charge on any atom is -0.332 e. The summed E-state index contributed by atoms with van der Waals surface area (Å²) in [5.74, 6) is -0.193. The largest absolute Gasteiger partial charge is 0.332 e. The molecule has 6 heteroatoms. The summed E-state index contributed by atoms with van der Waals surface area (Å²) in [5, 5.41) is 6.04. The van der Waals surface area contributed by atoms with Crippen LogP contribution >= 0.6 is 44.2 Å². The molecule has 1 N–H and O–H groups in total. The second-order valence-corrected chi connectivity index (χ2v) is 6.41. The molecule has 0 aliphatic rings. The highest BCUT2D eigenvalue weighted by molar-refractivity contribution is 9.10. The van der Waals surface area contributed by atoms with Crippen LogP contribution in [0.2, 0.25) is 0 Å². The van der Waals surface area contributed by atoms with E-state index in [-0.39, 0.29) is 22.8 Å². The summed E-state index contributed by atoms with van der Waals surface area (Å²) in [4.78, 5) is 4.55. The third kappa shape index (κ3) is 3.94. The molecule has 2 aromatic carbocycles. The molecule has 22 heavy (non-hydrogen) atoms. The lowest BCUT2D eigenvalue weighted by Crippen LogP contribution is -1.89. The summed E-state index contributed by atoms with van der Waals surface area (Å²) in [5.41, 5.74) is 3.37. The van der Waals surface area contributed by atoms with Crippen molar-refractivity contribution < 1.29 is 4.39 Å². The molecule has 0 bridgehead atoms. The van der Waals surface area contributed by atoms with E-state index in [4.69, 9.17) is 0 Å². The van der Waals surface area contributed by atoms with E-state index in [2.05, 4.69) is 26.2 Å². The summed E-state index contributed by atoms with van der Waals surface area (Å²) >= 11 is 4.96. The monoisotopic (exact) mass is 442 g/mol. The summed E-state index contributed by atoms with van der Waals surface area (Å²) in [6.45, 7) is 1.76. The lowest BCUT2D eigenvalue weighted by Gasteiger charge is -2.03. The number of hydrogen-bond acceptors (Lipinski definition) is 3. The third-order valence-electron chi connectivity index (χ3n) is 3.03. The van der Waals surface area contributed by atoms with Crippen LogP contribution < -0.4 is 5.32 Å². The molecule has 0 amide bonds. The summed E-state index contributed by atoms with van der Waals surface area (Å²) < 4.78 is 14.3. The zero-order valence-corrected chi connectivity index (χ0v) is 15.8. The lowest BCUT2D eigenvalue weighted by atomic mass is 10.1. The second kappa shape index (κ2) is 7.35. The summed E-state index contributed by atoms with van der Waals surface area (Å²) in [7, 11) is 0. The number of benzene rings is 2. The number of halogens is 3. The maximum atomic E-state index is 13.3. The van der Waals surface area contributed by atoms with Crippen molar-refractivity contribution in [1.29, 1.82) is 0 Å². The van der Waals surface area contributed by atoms with Crippen molar-refractivity contribution in [3.8, 4) is 11.3 Å². The molecule has 0 unspecified atom stereocenters. The first-order chi connectivity index (χ1) is 10.1. The molecule has 0 spiro atoms. The molecule has 0 aliphatic heterocycles. The minimum atomic E-state index is -0.193. The van der Waals surface area contributed by atoms with Gasteiger partial charge in [0.15, 0.2) is 5.13 Å². The Kier molecular flexibility index (Phi) is 5.72. The van der Waals surface area contributed by atoms with Crippen molar-refractivity contribution in [1.82, 2.24) is 4.98 Å². The molecule has 0 fully saturated rings. The van der Waals surface area contributed by atoms with E-state index < -0.39 is 0 Å². The molecule has 3 aromatic rings. The smallest absolute Gasteiger partial charge is 0.187 e. The van der Waals surface area contributed by atoms with Crippen LogP contribution in [0.5, 0.6) is 0 Å². The molecule has 0 atom stereocenters. The van der Waals surface area contributed by atoms with Gasteiger partial charge in [0.25, 0.3) is 0 Å². The van der Waals surface area contributed by atoms with Crippen LogP contribution in [0, 0.1) is 12.7 Å². The first kappa shape index (κ1) is 17.1. The number of hydrogen-bond donors (Lipinski definition) is 1. The minimum absolute atomic E-state index is 0. The Bertz CT molecular complexity index is 789. The van der Waals surface area contributed by atoms with Crippen LogP contribution in [0.15, 0.2) is 52.3 Å². The topological polar surface area (TPSA) is 24.9 Å². The highest BCUT2D eigenvalue weighted by atomic mass is 79.9. The van der Waals surface area contributed by atoms with E-state index in [0.717, 1.165) is 26.5 Å². The van der Waals surface area contributed by atoms with E-state index >= 15 is 0 Å². The van der Waals surface area contributed by atoms with E-state index in [9.17, 15) is 4.39 Å². The second-order valence-electron chi connectivity index (χ2n) is 4.64. The van der Waals surface area contributed by atoms with Gasteiger partial charge in [-0.25, -0.2) is 9.37 Å². The van der Waals surface area contributed by atoms with Crippen LogP contribution in [0.25, 0.3) is 11.3 Å². The molecular formula is C16H13Br2FN2S. The van der Waals surface area contributed by atoms with Gasteiger partial charge in [0.1, 0.15) is 5.82 Å². The first-order valence-corrected chi connectivity index (χ1v) is 8.04. The number of aromatic nitrogens is 1. The summed E-state index contributed by atoms with van der Waals surface area (Å²) in [6, 6.07) is 12.9. The predicted octanol–water partition coefficient (Wildman–Crippen LogP) is 6.34. The first-order valence-electron chi connectivity index (χ1n) is 6.36. The van der Waals surface area contributed by atoms with E-state index in [1.165, 1.54) is 17.4 Å². The Morgan fingerprint density at radius 1 is 1.18 bits per heavy atom. The van der Waals surface area contributed by atoms with E-state index in [1.807, 2.05) is 35.7 Å². The molecule has 0 radical (unpaired) electrons. The zero-order chi connectivity index (χ0) is 14.8. The molecular weight excluding hydrogens is 431 g/mol. The highest BCUT2D eigenvalue weighted by Crippen LogP contribution is 2.28. The van der Waals surface area contributed by atoms with E-state index in [1.54, 1.807) is 13.0 Å². The van der Waals surface area contributed by atoms with Gasteiger partial charge >= 0.3 is 0 Å². The molecule has 3 rings (SSSR count). The normalized spacial score (nSPS) is 10.1. The van der Waals surface area contributed by atoms with Gasteiger partial charge in [-0.1, -0.05) is 22.0 Å². The fraction of sp³-hybridized carbons (Fsp3) is 0.0625. The fourth-order valence-electron chi connectivity index (χ4n) is 1.96. The number of rotatable bonds is 3. The Morgan fingerprint density at radius 2 is 2.00 bits per heavy atom. The average molecular weight is 444 g/mol. The molecule has 1 heterocycles. The standard InChI is InChI=1S/C16H12BrFN2S.BrH/c1-10-7-11(5-6-14(10)18)15-9-21-16(20-15)19-13-4-2-3-12(17)8-13;/h2-9H,1H3,(H,19,20);1H. The zero-order valence-electron chi connectivity index (χ0n) is 11.6. The third-order valence-corrected chi connectivity index (χ3v) is 4.28. The van der Waals surface area contributed by atoms with Gasteiger partial charge in [-0.2, -0.15) is 0 Å². The molecule has 114 valence electrons. The fourth-order valence-corrected chi connectivity index (χ4v) is 3.10. The molecule has 1 aromatic heterocycles. The Hall–Kier alpha value is -1.24. The van der Waals surface area contributed by atoms with Crippen molar-refractivity contribution in [2.45, 2.75) is 6.92 Å². The van der Waals surface area contributed by atoms with Crippen LogP contribution in [0.4, 0.5) is 15.2 Å². The Balaban J connectivity index is 0.00000176. The van der Waals surface area contributed by atoms with Gasteiger partial charge in [-0.05, 0) is 48.9 Å². The van der Waals surface area contributed by atoms with Crippen LogP contribution in [0.1, 0.15) is 5.56 Å². The van der Waals surface area contributed by atoms with Crippen molar-refractivity contribution in [3.63, 3.8) is 0 Å². The number of aryl methyl sites for hydroxylation is 1. The maximum Gasteiger partial charge on any atom is 0.187 e. The predicted molar refractivity (Wildman–Crippen MR) is 100.0 cm³/mol. The number of nitrogens with zero attached hydrogens (tertiary/aromatic N) is 1. The van der Waals surface area contributed by atoms with Crippen molar-refractivity contribution in [2.75, 3.05) is 5.32 Å². The maximum absolute atomic E-state index is 13.3. The quantitative estimate of drug-likeness (QED) is 0.510. The van der Waals surface area contributed by atoms with Gasteiger partial charge in [-0.3, -0.25) is 0 Å². The average Bonchev–Trinajstić information content (AvgIpc) is 2.90. The Morgan fingerprint density at radius 3 is 2.73 bits per heavy atom. The van der Waals surface area contributed by atoms with Crippen LogP contribution in [0.3, 0.4) is 0 Å². The van der Waals surface area contributed by atoms with Gasteiger partial charge in [0.05, 0.1) is 5.69 Å². The lowest BCUT2D eigenvalue weighted by molar-refractivity contribution is 0.619. The van der Waals surface area contributed by atoms with Gasteiger partial charge in [0.2, 0.25) is 0 Å². The van der Waals surface area contributed by atoms with Gasteiger partial charge < -0.3 is 5.32 Å². The number of thiazole rings is 1. The van der Waals surface area contributed by atoms with Crippen LogP contribution in [-0.2, 0) is 0 Å². The molecule has 2 nitrogen and oxygen atoms in total. The van der Waals surface area contributed by atoms with Crippen molar-refractivity contribution in [2.24, 2.45) is 0 Å². The van der Waals surface area contributed by atoms with Crippen molar-refractivity contribution >= 4 is 55.1 Å². The summed E-state index contributed by atoms with van der Waals surface area (Å²) in [6.07, 6.45) is 0. The van der Waals surface area contributed by atoms with Crippen molar-refractivity contribution in [3.05, 3.63) is 63.7 Å². The Labute approximate surface area is 151 Å².